The van der Waals surface area contributed by atoms with Crippen molar-refractivity contribution < 1.29 is 9.15 Å². The van der Waals surface area contributed by atoms with Gasteiger partial charge in [-0.2, -0.15) is 0 Å². The van der Waals surface area contributed by atoms with E-state index in [1.165, 1.54) is 0 Å². The van der Waals surface area contributed by atoms with E-state index in [0.29, 0.717) is 23.8 Å². The quantitative estimate of drug-likeness (QED) is 0.719. The molecule has 0 spiro atoms. The molecule has 0 bridgehead atoms. The Balaban J connectivity index is 1.67. The number of aryl methyl sites for hydroxylation is 1. The van der Waals surface area contributed by atoms with Crippen LogP contribution in [0.2, 0.25) is 0 Å². The third-order valence-corrected chi connectivity index (χ3v) is 4.47. The van der Waals surface area contributed by atoms with Crippen molar-refractivity contribution in [3.05, 3.63) is 81.8 Å². The van der Waals surface area contributed by atoms with E-state index in [4.69, 9.17) is 9.15 Å². The van der Waals surface area contributed by atoms with Gasteiger partial charge < -0.3 is 9.15 Å². The van der Waals surface area contributed by atoms with Crippen molar-refractivity contribution in [3.63, 3.8) is 0 Å². The Morgan fingerprint density at radius 3 is 2.60 bits per heavy atom. The van der Waals surface area contributed by atoms with Crippen LogP contribution in [0, 0.1) is 0 Å². The molecule has 0 fully saturated rings. The highest BCUT2D eigenvalue weighted by Gasteiger charge is 2.19. The van der Waals surface area contributed by atoms with Crippen LogP contribution in [-0.4, -0.2) is 4.98 Å². The largest absolute Gasteiger partial charge is 0.488 e. The molecule has 0 amide bonds. The minimum Gasteiger partial charge on any atom is -0.488 e. The molecule has 1 heterocycles. The van der Waals surface area contributed by atoms with Gasteiger partial charge in [-0.05, 0) is 43.4 Å². The van der Waals surface area contributed by atoms with Crippen LogP contribution in [0.1, 0.15) is 29.7 Å². The Kier molecular flexibility index (Phi) is 4.34. The Hall–Kier alpha value is -2.88. The van der Waals surface area contributed by atoms with Crippen LogP contribution in [0.15, 0.2) is 63.8 Å². The van der Waals surface area contributed by atoms with Gasteiger partial charge in [-0.15, -0.1) is 0 Å². The van der Waals surface area contributed by atoms with Crippen molar-refractivity contribution in [1.29, 1.82) is 0 Å². The predicted molar refractivity (Wildman–Crippen MR) is 95.6 cm³/mol. The molecule has 25 heavy (non-hydrogen) atoms. The first kappa shape index (κ1) is 15.6. The van der Waals surface area contributed by atoms with Crippen molar-refractivity contribution in [1.82, 2.24) is 4.98 Å². The first-order chi connectivity index (χ1) is 12.3. The van der Waals surface area contributed by atoms with E-state index in [0.717, 1.165) is 42.5 Å². The first-order valence-electron chi connectivity index (χ1n) is 8.60. The van der Waals surface area contributed by atoms with Crippen molar-refractivity contribution in [2.75, 3.05) is 0 Å². The molecule has 4 heteroatoms. The topological polar surface area (TPSA) is 52.3 Å². The van der Waals surface area contributed by atoms with Gasteiger partial charge in [0.15, 0.2) is 0 Å². The summed E-state index contributed by atoms with van der Waals surface area (Å²) in [4.78, 5) is 16.9. The second kappa shape index (κ2) is 6.93. The molecule has 2 aromatic carbocycles. The summed E-state index contributed by atoms with van der Waals surface area (Å²) in [5.74, 6) is 1.01. The number of para-hydroxylation sites is 1. The maximum Gasteiger partial charge on any atom is 0.342 e. The van der Waals surface area contributed by atoms with Crippen molar-refractivity contribution in [3.8, 4) is 17.2 Å². The van der Waals surface area contributed by atoms with Crippen LogP contribution >= 0.6 is 0 Å². The first-order valence-corrected chi connectivity index (χ1v) is 8.60. The Morgan fingerprint density at radius 2 is 1.72 bits per heavy atom. The molecular formula is C21H19NO3. The Bertz CT molecular complexity index is 931. The molecular weight excluding hydrogens is 314 g/mol. The summed E-state index contributed by atoms with van der Waals surface area (Å²) in [7, 11) is 0. The van der Waals surface area contributed by atoms with Crippen molar-refractivity contribution in [2.45, 2.75) is 32.3 Å². The number of nitrogens with zero attached hydrogens (tertiary/aromatic N) is 1. The zero-order chi connectivity index (χ0) is 17.1. The maximum atomic E-state index is 12.3. The highest BCUT2D eigenvalue weighted by Crippen LogP contribution is 2.30. The van der Waals surface area contributed by atoms with Gasteiger partial charge in [-0.25, -0.2) is 9.78 Å². The summed E-state index contributed by atoms with van der Waals surface area (Å²) < 4.78 is 11.5. The normalized spacial score (nSPS) is 13.3. The van der Waals surface area contributed by atoms with Gasteiger partial charge >= 0.3 is 5.63 Å². The van der Waals surface area contributed by atoms with Gasteiger partial charge in [0.2, 0.25) is 5.89 Å². The van der Waals surface area contributed by atoms with Gasteiger partial charge in [0.25, 0.3) is 0 Å². The molecule has 0 aliphatic heterocycles. The Labute approximate surface area is 146 Å². The summed E-state index contributed by atoms with van der Waals surface area (Å²) in [6.45, 7) is 0.451. The monoisotopic (exact) mass is 333 g/mol. The van der Waals surface area contributed by atoms with Crippen molar-refractivity contribution in [2.24, 2.45) is 0 Å². The number of benzene rings is 2. The maximum absolute atomic E-state index is 12.3. The molecule has 4 rings (SSSR count). The SMILES string of the molecule is O=c1oc(-c2ccccc2OCc2ccccc2)nc2c1CCCC2. The van der Waals surface area contributed by atoms with Gasteiger partial charge in [0.1, 0.15) is 12.4 Å². The van der Waals surface area contributed by atoms with Gasteiger partial charge in [0.05, 0.1) is 16.8 Å². The highest BCUT2D eigenvalue weighted by molar-refractivity contribution is 5.62. The van der Waals surface area contributed by atoms with E-state index in [9.17, 15) is 4.79 Å². The molecule has 126 valence electrons. The lowest BCUT2D eigenvalue weighted by atomic mass is 9.97. The number of hydrogen-bond donors (Lipinski definition) is 0. The van der Waals surface area contributed by atoms with E-state index in [1.807, 2.05) is 54.6 Å². The van der Waals surface area contributed by atoms with Crippen LogP contribution in [0.3, 0.4) is 0 Å². The molecule has 1 aliphatic rings. The van der Waals surface area contributed by atoms with Crippen LogP contribution < -0.4 is 10.4 Å². The third kappa shape index (κ3) is 3.33. The van der Waals surface area contributed by atoms with Crippen LogP contribution in [-0.2, 0) is 19.4 Å². The predicted octanol–water partition coefficient (Wildman–Crippen LogP) is 4.16. The van der Waals surface area contributed by atoms with E-state index in [2.05, 4.69) is 4.98 Å². The molecule has 0 N–H and O–H groups in total. The van der Waals surface area contributed by atoms with Gasteiger partial charge in [-0.1, -0.05) is 42.5 Å². The summed E-state index contributed by atoms with van der Waals surface area (Å²) in [6, 6.07) is 17.5. The third-order valence-electron chi connectivity index (χ3n) is 4.47. The molecule has 0 saturated carbocycles. The average molecular weight is 333 g/mol. The molecule has 0 atom stereocenters. The van der Waals surface area contributed by atoms with Crippen LogP contribution in [0.4, 0.5) is 0 Å². The molecule has 4 nitrogen and oxygen atoms in total. The minimum absolute atomic E-state index is 0.266. The van der Waals surface area contributed by atoms with E-state index >= 15 is 0 Å². The molecule has 3 aromatic rings. The zero-order valence-corrected chi connectivity index (χ0v) is 13.9. The number of ether oxygens (including phenoxy) is 1. The molecule has 0 saturated heterocycles. The molecule has 1 aliphatic carbocycles. The van der Waals surface area contributed by atoms with E-state index < -0.39 is 0 Å². The lowest BCUT2D eigenvalue weighted by Crippen LogP contribution is -2.18. The van der Waals surface area contributed by atoms with Gasteiger partial charge in [0, 0.05) is 0 Å². The fourth-order valence-corrected chi connectivity index (χ4v) is 3.15. The number of fused-ring (bicyclic) bond motifs is 1. The fraction of sp³-hybridized carbons (Fsp3) is 0.238. The number of aromatic nitrogens is 1. The lowest BCUT2D eigenvalue weighted by Gasteiger charge is -2.15. The highest BCUT2D eigenvalue weighted by atomic mass is 16.5. The standard InChI is InChI=1S/C21H19NO3/c23-21-16-10-4-6-12-18(16)22-20(25-21)17-11-5-7-13-19(17)24-14-15-8-2-1-3-9-15/h1-3,5,7-9,11,13H,4,6,10,12,14H2. The zero-order valence-electron chi connectivity index (χ0n) is 13.9. The second-order valence-electron chi connectivity index (χ2n) is 6.21. The second-order valence-corrected chi connectivity index (χ2v) is 6.21. The number of rotatable bonds is 4. The number of hydrogen-bond acceptors (Lipinski definition) is 4. The van der Waals surface area contributed by atoms with E-state index in [1.54, 1.807) is 0 Å². The van der Waals surface area contributed by atoms with Crippen molar-refractivity contribution >= 4 is 0 Å². The molecule has 1 aromatic heterocycles. The van der Waals surface area contributed by atoms with Crippen LogP contribution in [0.25, 0.3) is 11.5 Å². The average Bonchev–Trinajstić information content (AvgIpc) is 2.67. The van der Waals surface area contributed by atoms with Gasteiger partial charge in [-0.3, -0.25) is 0 Å². The summed E-state index contributed by atoms with van der Waals surface area (Å²) in [5, 5.41) is 0. The van der Waals surface area contributed by atoms with E-state index in [-0.39, 0.29) is 5.63 Å². The lowest BCUT2D eigenvalue weighted by molar-refractivity contribution is 0.306. The molecule has 0 radical (unpaired) electrons. The summed E-state index contributed by atoms with van der Waals surface area (Å²) in [6.07, 6.45) is 3.68. The Morgan fingerprint density at radius 1 is 0.960 bits per heavy atom. The van der Waals surface area contributed by atoms with Crippen LogP contribution in [0.5, 0.6) is 5.75 Å². The minimum atomic E-state index is -0.266. The fourth-order valence-electron chi connectivity index (χ4n) is 3.15. The molecule has 0 unspecified atom stereocenters. The summed E-state index contributed by atoms with van der Waals surface area (Å²) >= 11 is 0. The smallest absolute Gasteiger partial charge is 0.342 e. The summed E-state index contributed by atoms with van der Waals surface area (Å²) in [5.41, 5.74) is 3.13.